The fraction of sp³-hybridized carbons (Fsp3) is 0.250. The van der Waals surface area contributed by atoms with E-state index in [1.807, 2.05) is 16.9 Å². The summed E-state index contributed by atoms with van der Waals surface area (Å²) < 4.78 is 30.2. The highest BCUT2D eigenvalue weighted by atomic mass is 32.2. The van der Waals surface area contributed by atoms with Crippen LogP contribution >= 0.6 is 11.3 Å². The topological polar surface area (TPSA) is 72.5 Å². The lowest BCUT2D eigenvalue weighted by Crippen LogP contribution is -2.29. The van der Waals surface area contributed by atoms with Crippen LogP contribution in [-0.2, 0) is 10.0 Å². The minimum Gasteiger partial charge on any atom is -0.497 e. The number of aryl methyl sites for hydroxylation is 1. The highest BCUT2D eigenvalue weighted by molar-refractivity contribution is 7.89. The number of carbonyl (C=O) groups excluding carboxylic acids is 1. The maximum atomic E-state index is 11.9. The summed E-state index contributed by atoms with van der Waals surface area (Å²) in [6.45, 7) is 1.79. The van der Waals surface area contributed by atoms with Gasteiger partial charge < -0.3 is 4.74 Å². The molecule has 0 atom stereocenters. The van der Waals surface area contributed by atoms with E-state index in [0.717, 1.165) is 21.9 Å². The molecule has 1 aromatic heterocycles. The van der Waals surface area contributed by atoms with Gasteiger partial charge in [-0.3, -0.25) is 4.79 Å². The molecule has 0 aliphatic carbocycles. The first-order valence-corrected chi connectivity index (χ1v) is 8.12. The lowest BCUT2D eigenvalue weighted by atomic mass is 10.1. The highest BCUT2D eigenvalue weighted by Gasteiger charge is 2.18. The molecule has 0 bridgehead atoms. The fourth-order valence-corrected chi connectivity index (χ4v) is 3.35. The average Bonchev–Trinajstić information content (AvgIpc) is 2.64. The van der Waals surface area contributed by atoms with E-state index in [1.165, 1.54) is 11.3 Å². The molecule has 1 amide bonds. The lowest BCUT2D eigenvalue weighted by Gasteiger charge is -2.01. The molecule has 0 radical (unpaired) electrons. The Morgan fingerprint density at radius 3 is 2.63 bits per heavy atom. The van der Waals surface area contributed by atoms with Gasteiger partial charge in [0.05, 0.1) is 18.2 Å². The number of hydrogen-bond donors (Lipinski definition) is 1. The summed E-state index contributed by atoms with van der Waals surface area (Å²) in [4.78, 5) is 12.3. The molecule has 0 saturated carbocycles. The van der Waals surface area contributed by atoms with E-state index in [2.05, 4.69) is 0 Å². The number of benzene rings is 1. The predicted octanol–water partition coefficient (Wildman–Crippen LogP) is 1.91. The molecule has 1 aromatic carbocycles. The first-order valence-electron chi connectivity index (χ1n) is 5.41. The van der Waals surface area contributed by atoms with Crippen molar-refractivity contribution in [3.05, 3.63) is 28.6 Å². The summed E-state index contributed by atoms with van der Waals surface area (Å²) in [7, 11) is -1.99. The van der Waals surface area contributed by atoms with Crippen molar-refractivity contribution in [2.75, 3.05) is 13.4 Å². The Kier molecular flexibility index (Phi) is 3.51. The molecule has 102 valence electrons. The number of methoxy groups -OCH3 is 1. The quantitative estimate of drug-likeness (QED) is 0.939. The van der Waals surface area contributed by atoms with E-state index in [9.17, 15) is 13.2 Å². The first-order chi connectivity index (χ1) is 8.81. The van der Waals surface area contributed by atoms with E-state index >= 15 is 0 Å². The third-order valence-electron chi connectivity index (χ3n) is 2.63. The number of carbonyl (C=O) groups is 1. The fourth-order valence-electron chi connectivity index (χ4n) is 1.76. The van der Waals surface area contributed by atoms with Crippen molar-refractivity contribution in [3.8, 4) is 5.75 Å². The van der Waals surface area contributed by atoms with Crippen LogP contribution in [0.1, 0.15) is 15.2 Å². The normalized spacial score (nSPS) is 11.5. The van der Waals surface area contributed by atoms with Crippen LogP contribution in [0.2, 0.25) is 0 Å². The second kappa shape index (κ2) is 4.82. The molecule has 0 fully saturated rings. The predicted molar refractivity (Wildman–Crippen MR) is 75.4 cm³/mol. The highest BCUT2D eigenvalue weighted by Crippen LogP contribution is 2.33. The largest absolute Gasteiger partial charge is 0.497 e. The van der Waals surface area contributed by atoms with Gasteiger partial charge in [-0.25, -0.2) is 13.1 Å². The molecule has 0 aliphatic rings. The third-order valence-corrected chi connectivity index (χ3v) is 4.46. The monoisotopic (exact) mass is 299 g/mol. The standard InChI is InChI=1S/C12H13NO4S2/c1-7-9-6-8(17-2)4-5-10(9)18-11(7)12(14)13-19(3,15)16/h4-6H,1-3H3,(H,13,14). The van der Waals surface area contributed by atoms with Crippen LogP contribution in [0.4, 0.5) is 0 Å². The zero-order chi connectivity index (χ0) is 14.2. The Balaban J connectivity index is 2.51. The Morgan fingerprint density at radius 1 is 1.37 bits per heavy atom. The van der Waals surface area contributed by atoms with Crippen LogP contribution in [-0.4, -0.2) is 27.7 Å². The van der Waals surface area contributed by atoms with E-state index in [1.54, 1.807) is 20.1 Å². The molecule has 2 aromatic rings. The van der Waals surface area contributed by atoms with Gasteiger partial charge in [-0.1, -0.05) is 0 Å². The Morgan fingerprint density at radius 2 is 2.05 bits per heavy atom. The van der Waals surface area contributed by atoms with Crippen molar-refractivity contribution in [2.24, 2.45) is 0 Å². The number of rotatable bonds is 3. The second-order valence-electron chi connectivity index (χ2n) is 4.12. The Hall–Kier alpha value is -1.60. The molecule has 1 N–H and O–H groups in total. The molecule has 1 heterocycles. The number of ether oxygens (including phenoxy) is 1. The van der Waals surface area contributed by atoms with Crippen LogP contribution in [0.25, 0.3) is 10.1 Å². The van der Waals surface area contributed by atoms with E-state index in [4.69, 9.17) is 4.74 Å². The van der Waals surface area contributed by atoms with Crippen LogP contribution in [0.3, 0.4) is 0 Å². The minimum atomic E-state index is -3.56. The Bertz CT molecular complexity index is 746. The van der Waals surface area contributed by atoms with Crippen molar-refractivity contribution < 1.29 is 17.9 Å². The molecule has 0 spiro atoms. The van der Waals surface area contributed by atoms with Gasteiger partial charge in [0.15, 0.2) is 0 Å². The summed E-state index contributed by atoms with van der Waals surface area (Å²) in [5, 5.41) is 0.892. The maximum absolute atomic E-state index is 11.9. The number of hydrogen-bond acceptors (Lipinski definition) is 5. The molecule has 0 saturated heterocycles. The van der Waals surface area contributed by atoms with Crippen LogP contribution in [0.15, 0.2) is 18.2 Å². The van der Waals surface area contributed by atoms with Gasteiger partial charge in [-0.2, -0.15) is 0 Å². The zero-order valence-corrected chi connectivity index (χ0v) is 12.3. The smallest absolute Gasteiger partial charge is 0.275 e. The van der Waals surface area contributed by atoms with Crippen molar-refractivity contribution >= 4 is 37.4 Å². The van der Waals surface area contributed by atoms with E-state index in [-0.39, 0.29) is 0 Å². The second-order valence-corrected chi connectivity index (χ2v) is 6.92. The van der Waals surface area contributed by atoms with Gasteiger partial charge in [-0.05, 0) is 36.1 Å². The molecule has 2 rings (SSSR count). The van der Waals surface area contributed by atoms with Crippen molar-refractivity contribution in [2.45, 2.75) is 6.92 Å². The molecule has 0 aliphatic heterocycles. The number of thiophene rings is 1. The summed E-state index contributed by atoms with van der Waals surface area (Å²) in [5.74, 6) is 0.101. The van der Waals surface area contributed by atoms with Crippen LogP contribution < -0.4 is 9.46 Å². The van der Waals surface area contributed by atoms with Crippen molar-refractivity contribution in [1.29, 1.82) is 0 Å². The van der Waals surface area contributed by atoms with E-state index < -0.39 is 15.9 Å². The minimum absolute atomic E-state index is 0.397. The number of amides is 1. The SMILES string of the molecule is COc1ccc2sc(C(=O)NS(C)(=O)=O)c(C)c2c1. The van der Waals surface area contributed by atoms with Gasteiger partial charge in [0, 0.05) is 4.70 Å². The zero-order valence-electron chi connectivity index (χ0n) is 10.7. The van der Waals surface area contributed by atoms with Gasteiger partial charge in [0.1, 0.15) is 5.75 Å². The van der Waals surface area contributed by atoms with Crippen molar-refractivity contribution in [1.82, 2.24) is 4.72 Å². The van der Waals surface area contributed by atoms with Gasteiger partial charge >= 0.3 is 0 Å². The third kappa shape index (κ3) is 2.87. The maximum Gasteiger partial charge on any atom is 0.275 e. The molecule has 5 nitrogen and oxygen atoms in total. The van der Waals surface area contributed by atoms with Gasteiger partial charge in [0.25, 0.3) is 5.91 Å². The molecule has 0 unspecified atom stereocenters. The average molecular weight is 299 g/mol. The summed E-state index contributed by atoms with van der Waals surface area (Å²) >= 11 is 1.26. The van der Waals surface area contributed by atoms with Crippen molar-refractivity contribution in [3.63, 3.8) is 0 Å². The number of fused-ring (bicyclic) bond motifs is 1. The Labute approximate surface area is 115 Å². The summed E-state index contributed by atoms with van der Waals surface area (Å²) in [6.07, 6.45) is 0.955. The summed E-state index contributed by atoms with van der Waals surface area (Å²) in [5.41, 5.74) is 0.750. The number of sulfonamides is 1. The van der Waals surface area contributed by atoms with E-state index in [0.29, 0.717) is 10.6 Å². The molecular formula is C12H13NO4S2. The summed E-state index contributed by atoms with van der Waals surface area (Å²) in [6, 6.07) is 5.48. The first kappa shape index (κ1) is 13.8. The van der Waals surface area contributed by atoms with Gasteiger partial charge in [-0.15, -0.1) is 11.3 Å². The van der Waals surface area contributed by atoms with Gasteiger partial charge in [0.2, 0.25) is 10.0 Å². The number of nitrogens with one attached hydrogen (secondary N) is 1. The molecule has 19 heavy (non-hydrogen) atoms. The molecular weight excluding hydrogens is 286 g/mol. The molecule has 7 heteroatoms. The lowest BCUT2D eigenvalue weighted by molar-refractivity contribution is 0.0985. The van der Waals surface area contributed by atoms with Crippen LogP contribution in [0.5, 0.6) is 5.75 Å². The van der Waals surface area contributed by atoms with Crippen LogP contribution in [0, 0.1) is 6.92 Å².